The summed E-state index contributed by atoms with van der Waals surface area (Å²) < 4.78 is 8.90. The highest BCUT2D eigenvalue weighted by Crippen LogP contribution is 2.45. The predicted molar refractivity (Wildman–Crippen MR) is 443 cm³/mol. The summed E-state index contributed by atoms with van der Waals surface area (Å²) in [6.07, 6.45) is 0. The number of rotatable bonds is 8. The van der Waals surface area contributed by atoms with Crippen molar-refractivity contribution in [3.05, 3.63) is 352 Å². The van der Waals surface area contributed by atoms with E-state index in [1.807, 2.05) is 145 Å². The minimum atomic E-state index is 0.650. The highest BCUT2D eigenvalue weighted by molar-refractivity contribution is 7.25. The van der Waals surface area contributed by atoms with Gasteiger partial charge >= 0.3 is 0 Å². The number of aromatic nitrogens is 6. The molecule has 8 heteroatoms. The van der Waals surface area contributed by atoms with E-state index in [9.17, 15) is 0 Å². The van der Waals surface area contributed by atoms with Crippen molar-refractivity contribution < 1.29 is 4.42 Å². The Bertz CT molecular complexity index is 6770. The fraction of sp³-hybridized carbons (Fsp3) is 0. The summed E-state index contributed by atoms with van der Waals surface area (Å²) in [6, 6.07) is 125. The van der Waals surface area contributed by atoms with Crippen molar-refractivity contribution in [1.82, 2.24) is 29.9 Å². The molecule has 0 aliphatic carbocycles. The van der Waals surface area contributed by atoms with Crippen molar-refractivity contribution in [2.45, 2.75) is 0 Å². The third kappa shape index (κ3) is 10.4. The molecule has 0 amide bonds. The van der Waals surface area contributed by atoms with E-state index in [0.717, 1.165) is 88.0 Å². The topological polar surface area (TPSA) is 90.5 Å². The maximum absolute atomic E-state index is 6.24. The van der Waals surface area contributed by atoms with Crippen molar-refractivity contribution in [2.75, 3.05) is 0 Å². The number of furan rings is 1. The molecule has 492 valence electrons. The van der Waals surface area contributed by atoms with Gasteiger partial charge in [-0.15, -0.1) is 11.3 Å². The summed E-state index contributed by atoms with van der Waals surface area (Å²) in [7, 11) is 0. The first kappa shape index (κ1) is 60.8. The standard InChI is InChI=1S/C49H29N3O.C49H29N3S/c2*1-3-11-31(12-4-1)47-50-48(32-13-5-2-6-14-32)52-49(51-47)41-19-10-17-38-36(16-9-18-39(38)41)33-25-26-37-34(27-33)23-21-30-22-24-35-28-45-43(29-42(35)46(30)37)40-15-7-8-20-44(40)53-45/h2*1-29H. The molecule has 0 unspecified atom stereocenters. The summed E-state index contributed by atoms with van der Waals surface area (Å²) in [4.78, 5) is 30.0. The number of hydrogen-bond donors (Lipinski definition) is 0. The number of benzene rings is 18. The van der Waals surface area contributed by atoms with E-state index in [0.29, 0.717) is 34.9 Å². The molecule has 0 saturated heterocycles. The SMILES string of the molecule is c1ccc(-c2nc(-c3ccccc3)nc(-c3cccc4c(-c5ccc6c(ccc7ccc8cc9oc%10ccccc%10c9cc8c76)c5)cccc34)n2)cc1.c1ccc(-c2nc(-c3ccccc3)nc(-c3cccc4c(-c5ccc6c(ccc7ccc8cc9sc%10ccccc%10c9cc8c76)c5)cccc34)n2)cc1. The van der Waals surface area contributed by atoms with Crippen LogP contribution in [0.5, 0.6) is 0 Å². The van der Waals surface area contributed by atoms with E-state index in [1.54, 1.807) is 0 Å². The fourth-order valence-electron chi connectivity index (χ4n) is 15.9. The molecule has 22 rings (SSSR count). The van der Waals surface area contributed by atoms with E-state index in [2.05, 4.69) is 218 Å². The third-order valence-electron chi connectivity index (χ3n) is 21.0. The van der Waals surface area contributed by atoms with Crippen LogP contribution in [-0.2, 0) is 0 Å². The number of para-hydroxylation sites is 1. The van der Waals surface area contributed by atoms with Crippen LogP contribution in [0.3, 0.4) is 0 Å². The van der Waals surface area contributed by atoms with Crippen LogP contribution in [0, 0.1) is 0 Å². The van der Waals surface area contributed by atoms with Crippen molar-refractivity contribution >= 4 is 140 Å². The highest BCUT2D eigenvalue weighted by Gasteiger charge is 2.21. The van der Waals surface area contributed by atoms with Crippen molar-refractivity contribution in [3.63, 3.8) is 0 Å². The molecule has 106 heavy (non-hydrogen) atoms. The van der Waals surface area contributed by atoms with E-state index < -0.39 is 0 Å². The van der Waals surface area contributed by atoms with Crippen LogP contribution in [0.4, 0.5) is 0 Å². The minimum absolute atomic E-state index is 0.650. The molecule has 0 aliphatic heterocycles. The Morgan fingerprint density at radius 2 is 0.538 bits per heavy atom. The van der Waals surface area contributed by atoms with Gasteiger partial charge in [-0.05, 0) is 157 Å². The van der Waals surface area contributed by atoms with Crippen LogP contribution in [-0.4, -0.2) is 29.9 Å². The first-order chi connectivity index (χ1) is 52.5. The molecule has 4 aromatic heterocycles. The number of fused-ring (bicyclic) bond motifs is 18. The van der Waals surface area contributed by atoms with Gasteiger partial charge in [0.15, 0.2) is 34.9 Å². The van der Waals surface area contributed by atoms with Gasteiger partial charge in [0, 0.05) is 64.3 Å². The average molecular weight is 1370 g/mol. The Morgan fingerprint density at radius 3 is 1.01 bits per heavy atom. The molecule has 0 N–H and O–H groups in total. The lowest BCUT2D eigenvalue weighted by atomic mass is 9.91. The molecule has 0 spiro atoms. The van der Waals surface area contributed by atoms with E-state index in [4.69, 9.17) is 34.3 Å². The van der Waals surface area contributed by atoms with Gasteiger partial charge in [-0.25, -0.2) is 29.9 Å². The number of hydrogen-bond acceptors (Lipinski definition) is 8. The molecule has 0 atom stereocenters. The predicted octanol–water partition coefficient (Wildman–Crippen LogP) is 26.6. The van der Waals surface area contributed by atoms with Crippen LogP contribution in [0.2, 0.25) is 0 Å². The largest absolute Gasteiger partial charge is 0.456 e. The van der Waals surface area contributed by atoms with Gasteiger partial charge in [-0.2, -0.15) is 0 Å². The minimum Gasteiger partial charge on any atom is -0.456 e. The monoisotopic (exact) mass is 1370 g/mol. The maximum Gasteiger partial charge on any atom is 0.164 e. The van der Waals surface area contributed by atoms with E-state index >= 15 is 0 Å². The first-order valence-corrected chi connectivity index (χ1v) is 36.5. The van der Waals surface area contributed by atoms with Crippen LogP contribution in [0.25, 0.3) is 219 Å². The van der Waals surface area contributed by atoms with Gasteiger partial charge in [0.05, 0.1) is 0 Å². The second-order valence-electron chi connectivity index (χ2n) is 27.2. The Hall–Kier alpha value is -13.9. The van der Waals surface area contributed by atoms with Crippen molar-refractivity contribution in [2.24, 2.45) is 0 Å². The van der Waals surface area contributed by atoms with Gasteiger partial charge in [0.2, 0.25) is 0 Å². The molecular weight excluding hydrogens is 1310 g/mol. The zero-order chi connectivity index (χ0) is 69.8. The summed E-state index contributed by atoms with van der Waals surface area (Å²) in [5.74, 6) is 3.92. The van der Waals surface area contributed by atoms with Gasteiger partial charge in [-0.1, -0.05) is 303 Å². The van der Waals surface area contributed by atoms with Gasteiger partial charge in [0.1, 0.15) is 11.2 Å². The van der Waals surface area contributed by atoms with Crippen LogP contribution in [0.1, 0.15) is 0 Å². The molecule has 0 saturated carbocycles. The second-order valence-corrected chi connectivity index (χ2v) is 28.2. The van der Waals surface area contributed by atoms with E-state index in [1.165, 1.54) is 95.9 Å². The quantitative estimate of drug-likeness (QED) is 0.140. The highest BCUT2D eigenvalue weighted by atomic mass is 32.1. The molecule has 0 aliphatic rings. The van der Waals surface area contributed by atoms with Crippen LogP contribution in [0.15, 0.2) is 356 Å². The Balaban J connectivity index is 0.000000136. The lowest BCUT2D eigenvalue weighted by Crippen LogP contribution is -2.00. The molecule has 22 aromatic rings. The third-order valence-corrected chi connectivity index (χ3v) is 22.1. The Kier molecular flexibility index (Phi) is 14.3. The van der Waals surface area contributed by atoms with Gasteiger partial charge in [0.25, 0.3) is 0 Å². The first-order valence-electron chi connectivity index (χ1n) is 35.7. The normalized spacial score (nSPS) is 11.8. The zero-order valence-electron chi connectivity index (χ0n) is 57.0. The number of nitrogens with zero attached hydrogens (tertiary/aromatic N) is 6. The summed E-state index contributed by atoms with van der Waals surface area (Å²) >= 11 is 1.87. The summed E-state index contributed by atoms with van der Waals surface area (Å²) in [6.45, 7) is 0. The van der Waals surface area contributed by atoms with E-state index in [-0.39, 0.29) is 0 Å². The molecule has 0 bridgehead atoms. The lowest BCUT2D eigenvalue weighted by Gasteiger charge is -2.14. The van der Waals surface area contributed by atoms with Crippen LogP contribution >= 0.6 is 11.3 Å². The lowest BCUT2D eigenvalue weighted by molar-refractivity contribution is 0.669. The molecule has 0 radical (unpaired) electrons. The molecule has 0 fully saturated rings. The zero-order valence-corrected chi connectivity index (χ0v) is 57.8. The molecule has 7 nitrogen and oxygen atoms in total. The maximum atomic E-state index is 6.24. The second kappa shape index (κ2) is 25.0. The van der Waals surface area contributed by atoms with Gasteiger partial charge < -0.3 is 4.42 Å². The fourth-order valence-corrected chi connectivity index (χ4v) is 17.1. The van der Waals surface area contributed by atoms with Crippen molar-refractivity contribution in [1.29, 1.82) is 0 Å². The summed E-state index contributed by atoms with van der Waals surface area (Å²) in [5, 5.41) is 24.4. The molecule has 4 heterocycles. The summed E-state index contributed by atoms with van der Waals surface area (Å²) in [5.41, 5.74) is 12.3. The smallest absolute Gasteiger partial charge is 0.164 e. The molecule has 18 aromatic carbocycles. The van der Waals surface area contributed by atoms with Crippen molar-refractivity contribution in [3.8, 4) is 90.6 Å². The number of thiophene rings is 1. The Morgan fingerprint density at radius 1 is 0.179 bits per heavy atom. The Labute approximate surface area is 612 Å². The van der Waals surface area contributed by atoms with Crippen LogP contribution < -0.4 is 0 Å². The average Bonchev–Trinajstić information content (AvgIpc) is 1.61. The molecular formula is C98H58N6OS. The van der Waals surface area contributed by atoms with Gasteiger partial charge in [-0.3, -0.25) is 0 Å².